The molecule has 1 saturated heterocycles. The molecular formula is C12H24N2O3. The van der Waals surface area contributed by atoms with E-state index in [0.29, 0.717) is 13.2 Å². The summed E-state index contributed by atoms with van der Waals surface area (Å²) in [6, 6.07) is 0.0655. The van der Waals surface area contributed by atoms with Crippen LogP contribution >= 0.6 is 0 Å². The number of hydrogen-bond donors (Lipinski definition) is 1. The predicted molar refractivity (Wildman–Crippen MR) is 66.0 cm³/mol. The fraction of sp³-hybridized carbons (Fsp3) is 0.917. The summed E-state index contributed by atoms with van der Waals surface area (Å²) in [6.45, 7) is 9.13. The van der Waals surface area contributed by atoms with Crippen molar-refractivity contribution in [2.75, 3.05) is 20.3 Å². The van der Waals surface area contributed by atoms with Gasteiger partial charge in [-0.3, -0.25) is 0 Å². The number of amides is 2. The van der Waals surface area contributed by atoms with E-state index >= 15 is 0 Å². The number of nitrogens with one attached hydrogen (secondary N) is 1. The van der Waals surface area contributed by atoms with Crippen molar-refractivity contribution in [3.63, 3.8) is 0 Å². The number of carbonyl (C=O) groups is 1. The van der Waals surface area contributed by atoms with E-state index in [-0.39, 0.29) is 30.3 Å². The molecule has 1 heterocycles. The molecule has 1 N–H and O–H groups in total. The number of rotatable bonds is 3. The van der Waals surface area contributed by atoms with E-state index in [2.05, 4.69) is 5.32 Å². The van der Waals surface area contributed by atoms with E-state index in [1.807, 2.05) is 32.6 Å². The van der Waals surface area contributed by atoms with Crippen molar-refractivity contribution < 1.29 is 14.3 Å². The number of hydrogen-bond acceptors (Lipinski definition) is 3. The Labute approximate surface area is 103 Å². The molecule has 100 valence electrons. The molecule has 0 aliphatic carbocycles. The van der Waals surface area contributed by atoms with Crippen LogP contribution in [0.25, 0.3) is 0 Å². The van der Waals surface area contributed by atoms with Crippen LogP contribution in [0.15, 0.2) is 0 Å². The predicted octanol–water partition coefficient (Wildman–Crippen LogP) is 1.23. The third-order valence-electron chi connectivity index (χ3n) is 3.57. The Morgan fingerprint density at radius 3 is 2.71 bits per heavy atom. The van der Waals surface area contributed by atoms with E-state index in [1.54, 1.807) is 7.11 Å². The average molecular weight is 244 g/mol. The van der Waals surface area contributed by atoms with Crippen molar-refractivity contribution in [3.05, 3.63) is 0 Å². The Kier molecular flexibility index (Phi) is 5.21. The zero-order valence-electron chi connectivity index (χ0n) is 11.4. The Morgan fingerprint density at radius 2 is 2.12 bits per heavy atom. The highest BCUT2D eigenvalue weighted by atomic mass is 16.5. The van der Waals surface area contributed by atoms with Crippen molar-refractivity contribution in [2.45, 2.75) is 52.0 Å². The van der Waals surface area contributed by atoms with Gasteiger partial charge in [0.05, 0.1) is 30.9 Å². The van der Waals surface area contributed by atoms with Gasteiger partial charge in [-0.25, -0.2) is 4.79 Å². The van der Waals surface area contributed by atoms with Crippen LogP contribution in [-0.4, -0.2) is 55.5 Å². The van der Waals surface area contributed by atoms with Gasteiger partial charge >= 0.3 is 6.03 Å². The Hall–Kier alpha value is -0.810. The highest BCUT2D eigenvalue weighted by Gasteiger charge is 2.30. The first-order valence-corrected chi connectivity index (χ1v) is 6.19. The van der Waals surface area contributed by atoms with Crippen LogP contribution in [-0.2, 0) is 9.47 Å². The quantitative estimate of drug-likeness (QED) is 0.812. The maximum absolute atomic E-state index is 12.1. The third kappa shape index (κ3) is 3.57. The minimum Gasteiger partial charge on any atom is -0.380 e. The molecule has 1 aliphatic rings. The molecule has 0 bridgehead atoms. The van der Waals surface area contributed by atoms with E-state index in [0.717, 1.165) is 0 Å². The van der Waals surface area contributed by atoms with Gasteiger partial charge in [0.15, 0.2) is 0 Å². The largest absolute Gasteiger partial charge is 0.380 e. The molecule has 5 heteroatoms. The monoisotopic (exact) mass is 244 g/mol. The first-order chi connectivity index (χ1) is 7.97. The summed E-state index contributed by atoms with van der Waals surface area (Å²) in [5, 5.41) is 2.96. The molecule has 1 rings (SSSR count). The summed E-state index contributed by atoms with van der Waals surface area (Å²) in [5.41, 5.74) is 0. The van der Waals surface area contributed by atoms with Crippen molar-refractivity contribution in [1.29, 1.82) is 0 Å². The van der Waals surface area contributed by atoms with Gasteiger partial charge in [-0.1, -0.05) is 0 Å². The molecule has 0 radical (unpaired) electrons. The van der Waals surface area contributed by atoms with Crippen molar-refractivity contribution in [1.82, 2.24) is 10.2 Å². The SMILES string of the molecule is COC(C)[C@H](C)NC(=O)N1CCOC(C)C1C. The van der Waals surface area contributed by atoms with Crippen LogP contribution in [0, 0.1) is 0 Å². The lowest BCUT2D eigenvalue weighted by atomic mass is 10.1. The molecule has 0 aromatic heterocycles. The molecule has 0 saturated carbocycles. The van der Waals surface area contributed by atoms with Gasteiger partial charge in [0, 0.05) is 13.7 Å². The van der Waals surface area contributed by atoms with Gasteiger partial charge in [0.25, 0.3) is 0 Å². The number of carbonyl (C=O) groups excluding carboxylic acids is 1. The Morgan fingerprint density at radius 1 is 1.47 bits per heavy atom. The summed E-state index contributed by atoms with van der Waals surface area (Å²) >= 11 is 0. The summed E-state index contributed by atoms with van der Waals surface area (Å²) < 4.78 is 10.7. The first-order valence-electron chi connectivity index (χ1n) is 6.19. The summed E-state index contributed by atoms with van der Waals surface area (Å²) in [6.07, 6.45) is 0.0948. The average Bonchev–Trinajstić information content (AvgIpc) is 2.31. The van der Waals surface area contributed by atoms with E-state index in [4.69, 9.17) is 9.47 Å². The van der Waals surface area contributed by atoms with Crippen molar-refractivity contribution >= 4 is 6.03 Å². The molecule has 3 unspecified atom stereocenters. The molecule has 1 fully saturated rings. The summed E-state index contributed by atoms with van der Waals surface area (Å²) in [5.74, 6) is 0. The molecule has 0 aromatic rings. The number of urea groups is 1. The van der Waals surface area contributed by atoms with Crippen molar-refractivity contribution in [2.24, 2.45) is 0 Å². The molecule has 5 nitrogen and oxygen atoms in total. The first kappa shape index (κ1) is 14.3. The summed E-state index contributed by atoms with van der Waals surface area (Å²) in [4.78, 5) is 13.9. The van der Waals surface area contributed by atoms with Gasteiger partial charge < -0.3 is 19.7 Å². The lowest BCUT2D eigenvalue weighted by Crippen LogP contribution is -2.56. The fourth-order valence-electron chi connectivity index (χ4n) is 1.82. The van der Waals surface area contributed by atoms with Crippen LogP contribution in [0.5, 0.6) is 0 Å². The second kappa shape index (κ2) is 6.21. The van der Waals surface area contributed by atoms with Gasteiger partial charge in [0.2, 0.25) is 0 Å². The fourth-order valence-corrected chi connectivity index (χ4v) is 1.82. The van der Waals surface area contributed by atoms with Gasteiger partial charge in [-0.05, 0) is 27.7 Å². The minimum atomic E-state index is -0.0379. The van der Waals surface area contributed by atoms with E-state index in [9.17, 15) is 4.79 Å². The van der Waals surface area contributed by atoms with Gasteiger partial charge in [-0.2, -0.15) is 0 Å². The Balaban J connectivity index is 2.51. The third-order valence-corrected chi connectivity index (χ3v) is 3.57. The van der Waals surface area contributed by atoms with Crippen LogP contribution in [0.3, 0.4) is 0 Å². The molecule has 17 heavy (non-hydrogen) atoms. The molecule has 1 aliphatic heterocycles. The molecule has 2 amide bonds. The van der Waals surface area contributed by atoms with Crippen LogP contribution in [0.2, 0.25) is 0 Å². The standard InChI is InChI=1S/C12H24N2O3/c1-8(10(3)16-5)13-12(15)14-6-7-17-11(4)9(14)2/h8-11H,6-7H2,1-5H3,(H,13,15)/t8-,9?,10?,11?/m0/s1. The lowest BCUT2D eigenvalue weighted by Gasteiger charge is -2.38. The molecular weight excluding hydrogens is 220 g/mol. The van der Waals surface area contributed by atoms with Gasteiger partial charge in [-0.15, -0.1) is 0 Å². The van der Waals surface area contributed by atoms with Gasteiger partial charge in [0.1, 0.15) is 0 Å². The second-order valence-corrected chi connectivity index (χ2v) is 4.69. The highest BCUT2D eigenvalue weighted by molar-refractivity contribution is 5.75. The van der Waals surface area contributed by atoms with E-state index in [1.165, 1.54) is 0 Å². The van der Waals surface area contributed by atoms with Crippen LogP contribution in [0.1, 0.15) is 27.7 Å². The molecule has 4 atom stereocenters. The minimum absolute atomic E-state index is 0.00199. The normalized spacial score (nSPS) is 28.6. The zero-order chi connectivity index (χ0) is 13.0. The molecule has 0 aromatic carbocycles. The smallest absolute Gasteiger partial charge is 0.318 e. The zero-order valence-corrected chi connectivity index (χ0v) is 11.4. The maximum atomic E-state index is 12.1. The van der Waals surface area contributed by atoms with E-state index < -0.39 is 0 Å². The Bertz CT molecular complexity index is 260. The van der Waals surface area contributed by atoms with Crippen molar-refractivity contribution in [3.8, 4) is 0 Å². The number of ether oxygens (including phenoxy) is 2. The second-order valence-electron chi connectivity index (χ2n) is 4.69. The van der Waals surface area contributed by atoms with Crippen LogP contribution in [0.4, 0.5) is 4.79 Å². The number of methoxy groups -OCH3 is 1. The lowest BCUT2D eigenvalue weighted by molar-refractivity contribution is -0.0386. The topological polar surface area (TPSA) is 50.8 Å². The number of nitrogens with zero attached hydrogens (tertiary/aromatic N) is 1. The number of morpholine rings is 1. The summed E-state index contributed by atoms with van der Waals surface area (Å²) in [7, 11) is 1.65. The molecule has 0 spiro atoms. The van der Waals surface area contributed by atoms with Crippen LogP contribution < -0.4 is 5.32 Å². The maximum Gasteiger partial charge on any atom is 0.318 e. The highest BCUT2D eigenvalue weighted by Crippen LogP contribution is 2.13.